The molecule has 1 aromatic heterocycles. The van der Waals surface area contributed by atoms with Crippen molar-refractivity contribution in [3.8, 4) is 11.4 Å². The van der Waals surface area contributed by atoms with Crippen LogP contribution in [0.15, 0.2) is 60.7 Å². The van der Waals surface area contributed by atoms with E-state index in [4.69, 9.17) is 0 Å². The van der Waals surface area contributed by atoms with Crippen LogP contribution in [0.5, 0.6) is 0 Å². The molecule has 0 saturated heterocycles. The molecule has 2 aromatic carbocycles. The first-order valence-electron chi connectivity index (χ1n) is 9.07. The van der Waals surface area contributed by atoms with Gasteiger partial charge in [0.1, 0.15) is 11.5 Å². The lowest BCUT2D eigenvalue weighted by molar-refractivity contribution is 0.102. The number of benzene rings is 2. The number of nitrogens with one attached hydrogen (secondary N) is 2. The maximum atomic E-state index is 12.7. The quantitative estimate of drug-likeness (QED) is 0.664. The number of aryl methyl sites for hydroxylation is 1. The smallest absolute Gasteiger partial charge is 0.274 e. The maximum Gasteiger partial charge on any atom is 0.274 e. The molecule has 2 N–H and O–H groups in total. The number of anilines is 2. The molecular formula is C22H24N4O. The number of carbonyl (C=O) groups excluding carboxylic acids is 1. The van der Waals surface area contributed by atoms with Crippen LogP contribution >= 0.6 is 0 Å². The van der Waals surface area contributed by atoms with Gasteiger partial charge in [0.05, 0.1) is 0 Å². The first kappa shape index (κ1) is 18.6. The Bertz CT molecular complexity index is 905. The van der Waals surface area contributed by atoms with Crippen molar-refractivity contribution in [1.82, 2.24) is 9.97 Å². The van der Waals surface area contributed by atoms with Gasteiger partial charge in [-0.15, -0.1) is 0 Å². The molecule has 3 aromatic rings. The highest BCUT2D eigenvalue weighted by atomic mass is 16.1. The Morgan fingerprint density at radius 1 is 1.00 bits per heavy atom. The van der Waals surface area contributed by atoms with Crippen molar-refractivity contribution in [3.05, 3.63) is 71.9 Å². The molecule has 0 fully saturated rings. The third kappa shape index (κ3) is 5.14. The van der Waals surface area contributed by atoms with E-state index in [0.717, 1.165) is 23.4 Å². The molecule has 0 aliphatic heterocycles. The first-order chi connectivity index (χ1) is 13.0. The third-order valence-corrected chi connectivity index (χ3v) is 3.99. The van der Waals surface area contributed by atoms with Crippen LogP contribution in [0.25, 0.3) is 11.4 Å². The zero-order chi connectivity index (χ0) is 19.2. The normalized spacial score (nSPS) is 10.7. The summed E-state index contributed by atoms with van der Waals surface area (Å²) in [5.74, 6) is 1.38. The number of amides is 1. The predicted molar refractivity (Wildman–Crippen MR) is 110 cm³/mol. The number of hydrogen-bond donors (Lipinski definition) is 2. The molecule has 0 atom stereocenters. The molecule has 0 radical (unpaired) electrons. The van der Waals surface area contributed by atoms with Gasteiger partial charge in [0.25, 0.3) is 5.91 Å². The largest absolute Gasteiger partial charge is 0.370 e. The fourth-order valence-electron chi connectivity index (χ4n) is 2.51. The van der Waals surface area contributed by atoms with Crippen LogP contribution in [-0.2, 0) is 0 Å². The van der Waals surface area contributed by atoms with E-state index >= 15 is 0 Å². The minimum absolute atomic E-state index is 0.258. The first-order valence-corrected chi connectivity index (χ1v) is 9.07. The van der Waals surface area contributed by atoms with E-state index < -0.39 is 0 Å². The summed E-state index contributed by atoms with van der Waals surface area (Å²) >= 11 is 0. The fourth-order valence-corrected chi connectivity index (χ4v) is 2.51. The molecule has 138 valence electrons. The average Bonchev–Trinajstić information content (AvgIpc) is 2.68. The topological polar surface area (TPSA) is 66.9 Å². The molecule has 0 unspecified atom stereocenters. The zero-order valence-electron chi connectivity index (χ0n) is 15.9. The molecule has 1 heterocycles. The van der Waals surface area contributed by atoms with E-state index in [2.05, 4.69) is 34.4 Å². The van der Waals surface area contributed by atoms with E-state index in [9.17, 15) is 4.79 Å². The summed E-state index contributed by atoms with van der Waals surface area (Å²) in [6.07, 6.45) is 0. The van der Waals surface area contributed by atoms with Crippen molar-refractivity contribution in [2.45, 2.75) is 20.8 Å². The Kier molecular flexibility index (Phi) is 5.81. The van der Waals surface area contributed by atoms with Gasteiger partial charge in [-0.3, -0.25) is 4.79 Å². The predicted octanol–water partition coefficient (Wildman–Crippen LogP) is 4.77. The highest BCUT2D eigenvalue weighted by Gasteiger charge is 2.13. The molecule has 5 heteroatoms. The highest BCUT2D eigenvalue weighted by molar-refractivity contribution is 6.03. The van der Waals surface area contributed by atoms with Crippen molar-refractivity contribution < 1.29 is 4.79 Å². The van der Waals surface area contributed by atoms with Crippen molar-refractivity contribution in [2.24, 2.45) is 5.92 Å². The van der Waals surface area contributed by atoms with Crippen LogP contribution in [0.4, 0.5) is 11.5 Å². The number of nitrogens with zero attached hydrogens (tertiary/aromatic N) is 2. The Balaban J connectivity index is 1.91. The van der Waals surface area contributed by atoms with Gasteiger partial charge in [-0.2, -0.15) is 0 Å². The second-order valence-electron chi connectivity index (χ2n) is 6.92. The van der Waals surface area contributed by atoms with Crippen LogP contribution in [0.3, 0.4) is 0 Å². The van der Waals surface area contributed by atoms with E-state index in [1.54, 1.807) is 6.07 Å². The second-order valence-corrected chi connectivity index (χ2v) is 6.92. The summed E-state index contributed by atoms with van der Waals surface area (Å²) in [5.41, 5.74) is 3.08. The van der Waals surface area contributed by atoms with Gasteiger partial charge >= 0.3 is 0 Å². The van der Waals surface area contributed by atoms with E-state index in [1.165, 1.54) is 0 Å². The monoisotopic (exact) mass is 360 g/mol. The minimum atomic E-state index is -0.258. The van der Waals surface area contributed by atoms with Gasteiger partial charge in [0.15, 0.2) is 5.82 Å². The van der Waals surface area contributed by atoms with E-state index in [-0.39, 0.29) is 5.91 Å². The van der Waals surface area contributed by atoms with Crippen LogP contribution in [0, 0.1) is 12.8 Å². The molecule has 0 bridgehead atoms. The van der Waals surface area contributed by atoms with Gasteiger partial charge in [-0.25, -0.2) is 9.97 Å². The Morgan fingerprint density at radius 2 is 1.70 bits per heavy atom. The Hall–Kier alpha value is -3.21. The SMILES string of the molecule is Cc1ccc(NC(=O)c2cc(NCC(C)C)nc(-c3ccccc3)n2)cc1. The number of rotatable bonds is 6. The lowest BCUT2D eigenvalue weighted by Gasteiger charge is -2.12. The molecule has 1 amide bonds. The molecule has 0 aliphatic carbocycles. The van der Waals surface area contributed by atoms with Crippen LogP contribution in [-0.4, -0.2) is 22.4 Å². The number of carbonyl (C=O) groups is 1. The van der Waals surface area contributed by atoms with Gasteiger partial charge in [0.2, 0.25) is 0 Å². The lowest BCUT2D eigenvalue weighted by Crippen LogP contribution is -2.16. The molecule has 3 rings (SSSR count). The minimum Gasteiger partial charge on any atom is -0.370 e. The summed E-state index contributed by atoms with van der Waals surface area (Å²) in [6, 6.07) is 19.0. The number of hydrogen-bond acceptors (Lipinski definition) is 4. The third-order valence-electron chi connectivity index (χ3n) is 3.99. The number of aromatic nitrogens is 2. The van der Waals surface area contributed by atoms with E-state index in [0.29, 0.717) is 23.3 Å². The summed E-state index contributed by atoms with van der Waals surface area (Å²) in [5, 5.41) is 6.19. The molecule has 5 nitrogen and oxygen atoms in total. The summed E-state index contributed by atoms with van der Waals surface area (Å²) in [7, 11) is 0. The highest BCUT2D eigenvalue weighted by Crippen LogP contribution is 2.19. The molecule has 0 saturated carbocycles. The molecule has 0 spiro atoms. The average molecular weight is 360 g/mol. The van der Waals surface area contributed by atoms with Gasteiger partial charge in [0, 0.05) is 23.9 Å². The summed E-state index contributed by atoms with van der Waals surface area (Å²) in [4.78, 5) is 21.8. The molecule has 0 aliphatic rings. The van der Waals surface area contributed by atoms with Crippen molar-refractivity contribution >= 4 is 17.4 Å². The summed E-state index contributed by atoms with van der Waals surface area (Å²) in [6.45, 7) is 7.02. The second kappa shape index (κ2) is 8.45. The molecular weight excluding hydrogens is 336 g/mol. The zero-order valence-corrected chi connectivity index (χ0v) is 15.9. The van der Waals surface area contributed by atoms with E-state index in [1.807, 2.05) is 61.5 Å². The lowest BCUT2D eigenvalue weighted by atomic mass is 10.2. The Labute approximate surface area is 159 Å². The standard InChI is InChI=1S/C22H24N4O/c1-15(2)14-23-20-13-19(22(27)24-18-11-9-16(3)10-12-18)25-21(26-20)17-7-5-4-6-8-17/h4-13,15H,14H2,1-3H3,(H,24,27)(H,23,25,26). The van der Waals surface area contributed by atoms with Crippen LogP contribution in [0.2, 0.25) is 0 Å². The summed E-state index contributed by atoms with van der Waals surface area (Å²) < 4.78 is 0. The van der Waals surface area contributed by atoms with Gasteiger partial charge in [-0.1, -0.05) is 61.9 Å². The van der Waals surface area contributed by atoms with Gasteiger partial charge in [-0.05, 0) is 25.0 Å². The van der Waals surface area contributed by atoms with Crippen molar-refractivity contribution in [3.63, 3.8) is 0 Å². The Morgan fingerprint density at radius 3 is 2.37 bits per heavy atom. The van der Waals surface area contributed by atoms with Crippen LogP contribution in [0.1, 0.15) is 29.9 Å². The maximum absolute atomic E-state index is 12.7. The molecule has 27 heavy (non-hydrogen) atoms. The van der Waals surface area contributed by atoms with Crippen molar-refractivity contribution in [1.29, 1.82) is 0 Å². The van der Waals surface area contributed by atoms with Gasteiger partial charge < -0.3 is 10.6 Å². The van der Waals surface area contributed by atoms with Crippen LogP contribution < -0.4 is 10.6 Å². The van der Waals surface area contributed by atoms with Crippen molar-refractivity contribution in [2.75, 3.05) is 17.2 Å². The fraction of sp³-hybridized carbons (Fsp3) is 0.227.